The zero-order valence-corrected chi connectivity index (χ0v) is 13.4. The highest BCUT2D eigenvalue weighted by Crippen LogP contribution is 2.28. The van der Waals surface area contributed by atoms with Crippen LogP contribution in [0.3, 0.4) is 0 Å². The van der Waals surface area contributed by atoms with Crippen LogP contribution in [0, 0.1) is 0 Å². The van der Waals surface area contributed by atoms with Crippen molar-refractivity contribution < 1.29 is 0 Å². The summed E-state index contributed by atoms with van der Waals surface area (Å²) < 4.78 is 2.12. The van der Waals surface area contributed by atoms with Crippen LogP contribution in [0.5, 0.6) is 0 Å². The summed E-state index contributed by atoms with van der Waals surface area (Å²) in [5.74, 6) is 0. The van der Waals surface area contributed by atoms with E-state index in [9.17, 15) is 0 Å². The van der Waals surface area contributed by atoms with Crippen molar-refractivity contribution >= 4 is 28.9 Å². The van der Waals surface area contributed by atoms with Gasteiger partial charge in [-0.15, -0.1) is 0 Å². The number of hydrogen-bond donors (Lipinski definition) is 1. The number of halogens is 2. The van der Waals surface area contributed by atoms with Crippen molar-refractivity contribution in [2.24, 2.45) is 0 Å². The van der Waals surface area contributed by atoms with E-state index in [1.54, 1.807) is 12.1 Å². The molecular formula is C16H19Cl2N3. The van der Waals surface area contributed by atoms with Crippen LogP contribution in [0.2, 0.25) is 10.0 Å². The Morgan fingerprint density at radius 3 is 2.76 bits per heavy atom. The van der Waals surface area contributed by atoms with Crippen molar-refractivity contribution in [2.45, 2.75) is 44.7 Å². The average molecular weight is 324 g/mol. The molecule has 2 aromatic rings. The lowest BCUT2D eigenvalue weighted by Gasteiger charge is -2.21. The zero-order valence-electron chi connectivity index (χ0n) is 11.9. The van der Waals surface area contributed by atoms with E-state index in [2.05, 4.69) is 27.4 Å². The van der Waals surface area contributed by atoms with Crippen molar-refractivity contribution in [1.82, 2.24) is 9.78 Å². The van der Waals surface area contributed by atoms with Crippen molar-refractivity contribution in [3.8, 4) is 0 Å². The third kappa shape index (κ3) is 3.72. The molecule has 1 aliphatic rings. The Bertz CT molecular complexity index is 603. The molecule has 1 N–H and O–H groups in total. The molecule has 1 aliphatic carbocycles. The second kappa shape index (κ2) is 6.71. The summed E-state index contributed by atoms with van der Waals surface area (Å²) in [5.41, 5.74) is 1.87. The van der Waals surface area contributed by atoms with Crippen LogP contribution >= 0.6 is 23.2 Å². The summed E-state index contributed by atoms with van der Waals surface area (Å²) >= 11 is 12.1. The molecule has 0 radical (unpaired) electrons. The van der Waals surface area contributed by atoms with Crippen LogP contribution in [-0.2, 0) is 6.54 Å². The summed E-state index contributed by atoms with van der Waals surface area (Å²) in [6.07, 6.45) is 8.57. The van der Waals surface area contributed by atoms with Gasteiger partial charge >= 0.3 is 0 Å². The predicted molar refractivity (Wildman–Crippen MR) is 88.1 cm³/mol. The maximum Gasteiger partial charge on any atom is 0.0815 e. The summed E-state index contributed by atoms with van der Waals surface area (Å²) in [7, 11) is 0. The second-order valence-electron chi connectivity index (χ2n) is 5.56. The zero-order chi connectivity index (χ0) is 14.7. The molecule has 0 bridgehead atoms. The number of nitrogens with zero attached hydrogens (tertiary/aromatic N) is 2. The van der Waals surface area contributed by atoms with E-state index in [0.29, 0.717) is 22.6 Å². The fraction of sp³-hybridized carbons (Fsp3) is 0.438. The van der Waals surface area contributed by atoms with Crippen molar-refractivity contribution in [3.63, 3.8) is 0 Å². The molecular weight excluding hydrogens is 305 g/mol. The Morgan fingerprint density at radius 1 is 1.14 bits per heavy atom. The highest BCUT2D eigenvalue weighted by atomic mass is 35.5. The van der Waals surface area contributed by atoms with E-state index < -0.39 is 0 Å². The average Bonchev–Trinajstić information content (AvgIpc) is 2.98. The quantitative estimate of drug-likeness (QED) is 0.826. The van der Waals surface area contributed by atoms with Gasteiger partial charge in [0, 0.05) is 11.2 Å². The van der Waals surface area contributed by atoms with E-state index in [1.165, 1.54) is 32.1 Å². The first-order chi connectivity index (χ1) is 10.2. The van der Waals surface area contributed by atoms with Crippen LogP contribution in [0.15, 0.2) is 30.5 Å². The fourth-order valence-corrected chi connectivity index (χ4v) is 3.20. The van der Waals surface area contributed by atoms with Crippen LogP contribution in [-0.4, -0.2) is 9.78 Å². The molecule has 1 heterocycles. The monoisotopic (exact) mass is 323 g/mol. The van der Waals surface area contributed by atoms with Crippen molar-refractivity contribution in [1.29, 1.82) is 0 Å². The standard InChI is InChI=1S/C16H19Cl2N3/c17-12-6-7-15(18)16(10-12)19-11-13-8-9-21(20-13)14-4-2-1-3-5-14/h6-10,14,19H,1-5,11H2. The maximum atomic E-state index is 6.14. The SMILES string of the molecule is Clc1ccc(Cl)c(NCc2ccn(C3CCCCC3)n2)c1. The molecule has 5 heteroatoms. The number of nitrogens with one attached hydrogen (secondary N) is 1. The Kier molecular flexibility index (Phi) is 4.71. The van der Waals surface area contributed by atoms with Gasteiger partial charge in [0.2, 0.25) is 0 Å². The summed E-state index contributed by atoms with van der Waals surface area (Å²) in [6.45, 7) is 0.653. The highest BCUT2D eigenvalue weighted by Gasteiger charge is 2.15. The lowest BCUT2D eigenvalue weighted by atomic mass is 9.96. The Hall–Kier alpha value is -1.19. The van der Waals surface area contributed by atoms with Gasteiger partial charge in [0.25, 0.3) is 0 Å². The van der Waals surface area contributed by atoms with E-state index >= 15 is 0 Å². The third-order valence-corrected chi connectivity index (χ3v) is 4.57. The Labute approximate surface area is 135 Å². The number of hydrogen-bond acceptors (Lipinski definition) is 2. The smallest absolute Gasteiger partial charge is 0.0815 e. The second-order valence-corrected chi connectivity index (χ2v) is 6.40. The van der Waals surface area contributed by atoms with E-state index in [1.807, 2.05) is 6.07 Å². The number of benzene rings is 1. The minimum atomic E-state index is 0.572. The van der Waals surface area contributed by atoms with Crippen LogP contribution in [0.25, 0.3) is 0 Å². The van der Waals surface area contributed by atoms with Gasteiger partial charge in [-0.05, 0) is 37.1 Å². The summed E-state index contributed by atoms with van der Waals surface area (Å²) in [4.78, 5) is 0. The van der Waals surface area contributed by atoms with E-state index in [4.69, 9.17) is 23.2 Å². The fourth-order valence-electron chi connectivity index (χ4n) is 2.84. The molecule has 3 nitrogen and oxygen atoms in total. The maximum absolute atomic E-state index is 6.14. The van der Waals surface area contributed by atoms with Gasteiger partial charge in [-0.3, -0.25) is 4.68 Å². The van der Waals surface area contributed by atoms with Crippen LogP contribution in [0.1, 0.15) is 43.8 Å². The first kappa shape index (κ1) is 14.7. The molecule has 1 aromatic carbocycles. The Morgan fingerprint density at radius 2 is 1.95 bits per heavy atom. The van der Waals surface area contributed by atoms with Gasteiger partial charge < -0.3 is 5.32 Å². The molecule has 0 saturated heterocycles. The number of aromatic nitrogens is 2. The molecule has 0 amide bonds. The van der Waals surface area contributed by atoms with Gasteiger partial charge in [-0.1, -0.05) is 42.5 Å². The van der Waals surface area contributed by atoms with Gasteiger partial charge in [0.05, 0.1) is 29.0 Å². The van der Waals surface area contributed by atoms with Crippen LogP contribution < -0.4 is 5.32 Å². The molecule has 0 atom stereocenters. The first-order valence-electron chi connectivity index (χ1n) is 7.45. The van der Waals surface area contributed by atoms with Gasteiger partial charge in [-0.2, -0.15) is 5.10 Å². The molecule has 0 unspecified atom stereocenters. The van der Waals surface area contributed by atoms with Crippen molar-refractivity contribution in [2.75, 3.05) is 5.32 Å². The lowest BCUT2D eigenvalue weighted by molar-refractivity contribution is 0.328. The van der Waals surface area contributed by atoms with Crippen LogP contribution in [0.4, 0.5) is 5.69 Å². The number of anilines is 1. The molecule has 21 heavy (non-hydrogen) atoms. The molecule has 1 aromatic heterocycles. The van der Waals surface area contributed by atoms with Gasteiger partial charge in [0.15, 0.2) is 0 Å². The number of rotatable bonds is 4. The largest absolute Gasteiger partial charge is 0.378 e. The molecule has 3 rings (SSSR count). The molecule has 1 saturated carbocycles. The first-order valence-corrected chi connectivity index (χ1v) is 8.21. The normalized spacial score (nSPS) is 16.1. The minimum Gasteiger partial charge on any atom is -0.378 e. The third-order valence-electron chi connectivity index (χ3n) is 4.00. The predicted octanol–water partition coefficient (Wildman–Crippen LogP) is 5.31. The van der Waals surface area contributed by atoms with E-state index in [-0.39, 0.29) is 0 Å². The molecule has 0 aliphatic heterocycles. The summed E-state index contributed by atoms with van der Waals surface area (Å²) in [6, 6.07) is 8.06. The highest BCUT2D eigenvalue weighted by molar-refractivity contribution is 6.35. The summed E-state index contributed by atoms with van der Waals surface area (Å²) in [5, 5.41) is 9.32. The minimum absolute atomic E-state index is 0.572. The Balaban J connectivity index is 1.63. The van der Waals surface area contributed by atoms with Gasteiger partial charge in [-0.25, -0.2) is 0 Å². The molecule has 112 valence electrons. The molecule has 0 spiro atoms. The lowest BCUT2D eigenvalue weighted by Crippen LogP contribution is -2.13. The van der Waals surface area contributed by atoms with Gasteiger partial charge in [0.1, 0.15) is 0 Å². The topological polar surface area (TPSA) is 29.9 Å². The molecule has 1 fully saturated rings. The van der Waals surface area contributed by atoms with Crippen molar-refractivity contribution in [3.05, 3.63) is 46.2 Å². The van der Waals surface area contributed by atoms with E-state index in [0.717, 1.165) is 11.4 Å².